The van der Waals surface area contributed by atoms with Crippen molar-refractivity contribution in [3.63, 3.8) is 0 Å². The molecule has 0 aromatic carbocycles. The molecule has 0 aliphatic rings. The lowest BCUT2D eigenvalue weighted by molar-refractivity contribution is -0.156. The molecule has 2 rings (SSSR count). The molecule has 0 unspecified atom stereocenters. The number of carbonyl (C=O) groups is 1. The molecule has 0 aliphatic heterocycles. The van der Waals surface area contributed by atoms with Crippen LogP contribution < -0.4 is 5.32 Å². The van der Waals surface area contributed by atoms with Crippen LogP contribution >= 0.6 is 0 Å². The van der Waals surface area contributed by atoms with E-state index in [9.17, 15) is 18.0 Å². The average Bonchev–Trinajstić information content (AvgIpc) is 2.85. The quantitative estimate of drug-likeness (QED) is 0.846. The molecule has 0 amide bonds. The van der Waals surface area contributed by atoms with Gasteiger partial charge in [-0.05, 0) is 38.8 Å². The standard InChI is InChI=1S/C15H20F3N5O2/c1-8(2)11(12(24)25-14(3,4)5)19-9-6-7-10-20-21-13(15(16,17)18)23(10)22-9/h6-8,11H,1-5H3,(H,19,22)/t11-/m1/s1. The Morgan fingerprint density at radius 2 is 1.84 bits per heavy atom. The van der Waals surface area contributed by atoms with Crippen molar-refractivity contribution in [2.45, 2.75) is 52.4 Å². The highest BCUT2D eigenvalue weighted by Gasteiger charge is 2.38. The van der Waals surface area contributed by atoms with Crippen LogP contribution in [0.2, 0.25) is 0 Å². The van der Waals surface area contributed by atoms with Crippen molar-refractivity contribution in [2.24, 2.45) is 5.92 Å². The first kappa shape index (κ1) is 18.9. The Hall–Kier alpha value is -2.39. The number of esters is 1. The number of nitrogens with zero attached hydrogens (tertiary/aromatic N) is 4. The maximum atomic E-state index is 12.9. The van der Waals surface area contributed by atoms with Crippen LogP contribution in [-0.2, 0) is 15.7 Å². The van der Waals surface area contributed by atoms with Gasteiger partial charge >= 0.3 is 12.1 Å². The number of aromatic nitrogens is 4. The number of rotatable bonds is 4. The van der Waals surface area contributed by atoms with Gasteiger partial charge in [0.15, 0.2) is 5.65 Å². The number of nitrogens with one attached hydrogen (secondary N) is 1. The second kappa shape index (κ2) is 6.49. The Labute approximate surface area is 142 Å². The number of halogens is 3. The highest BCUT2D eigenvalue weighted by Crippen LogP contribution is 2.27. The average molecular weight is 359 g/mol. The van der Waals surface area contributed by atoms with Gasteiger partial charge in [-0.25, -0.2) is 4.79 Å². The smallest absolute Gasteiger partial charge is 0.453 e. The van der Waals surface area contributed by atoms with E-state index >= 15 is 0 Å². The largest absolute Gasteiger partial charge is 0.458 e. The van der Waals surface area contributed by atoms with Gasteiger partial charge in [-0.2, -0.15) is 17.7 Å². The van der Waals surface area contributed by atoms with Crippen molar-refractivity contribution < 1.29 is 22.7 Å². The van der Waals surface area contributed by atoms with Crippen LogP contribution in [0.3, 0.4) is 0 Å². The summed E-state index contributed by atoms with van der Waals surface area (Å²) < 4.78 is 44.7. The maximum absolute atomic E-state index is 12.9. The minimum Gasteiger partial charge on any atom is -0.458 e. The first-order valence-corrected chi connectivity index (χ1v) is 7.67. The molecule has 0 saturated carbocycles. The Morgan fingerprint density at radius 3 is 2.36 bits per heavy atom. The summed E-state index contributed by atoms with van der Waals surface area (Å²) in [4.78, 5) is 12.3. The minimum atomic E-state index is -4.69. The lowest BCUT2D eigenvalue weighted by Gasteiger charge is -2.26. The summed E-state index contributed by atoms with van der Waals surface area (Å²) in [5.41, 5.74) is -0.725. The fourth-order valence-corrected chi connectivity index (χ4v) is 2.06. The van der Waals surface area contributed by atoms with E-state index in [1.165, 1.54) is 12.1 Å². The van der Waals surface area contributed by atoms with E-state index in [0.29, 0.717) is 4.52 Å². The molecule has 0 bridgehead atoms. The zero-order valence-electron chi connectivity index (χ0n) is 14.5. The summed E-state index contributed by atoms with van der Waals surface area (Å²) in [6.07, 6.45) is -4.69. The fraction of sp³-hybridized carbons (Fsp3) is 0.600. The summed E-state index contributed by atoms with van der Waals surface area (Å²) in [5, 5.41) is 13.2. The number of carbonyl (C=O) groups excluding carboxylic acids is 1. The molecule has 0 radical (unpaired) electrons. The van der Waals surface area contributed by atoms with Gasteiger partial charge in [0.2, 0.25) is 0 Å². The van der Waals surface area contributed by atoms with E-state index in [0.717, 1.165) is 0 Å². The molecule has 0 fully saturated rings. The molecule has 0 saturated heterocycles. The zero-order valence-corrected chi connectivity index (χ0v) is 14.5. The summed E-state index contributed by atoms with van der Waals surface area (Å²) in [5.74, 6) is -1.83. The van der Waals surface area contributed by atoms with Gasteiger partial charge in [0.05, 0.1) is 0 Å². The lowest BCUT2D eigenvalue weighted by atomic mass is 10.0. The molecule has 0 spiro atoms. The van der Waals surface area contributed by atoms with Crippen molar-refractivity contribution in [3.8, 4) is 0 Å². The Morgan fingerprint density at radius 1 is 1.20 bits per heavy atom. The topological polar surface area (TPSA) is 81.4 Å². The Balaban J connectivity index is 2.32. The molecule has 138 valence electrons. The number of fused-ring (bicyclic) bond motifs is 1. The van der Waals surface area contributed by atoms with Crippen LogP contribution in [0.4, 0.5) is 19.0 Å². The van der Waals surface area contributed by atoms with Gasteiger partial charge in [-0.1, -0.05) is 13.8 Å². The normalized spacial score (nSPS) is 14.0. The molecule has 2 heterocycles. The summed E-state index contributed by atoms with van der Waals surface area (Å²) in [7, 11) is 0. The second-order valence-corrected chi connectivity index (χ2v) is 6.91. The third-order valence-electron chi connectivity index (χ3n) is 3.15. The van der Waals surface area contributed by atoms with E-state index in [-0.39, 0.29) is 17.4 Å². The molecule has 1 N–H and O–H groups in total. The van der Waals surface area contributed by atoms with Crippen LogP contribution in [0.15, 0.2) is 12.1 Å². The molecular weight excluding hydrogens is 339 g/mol. The maximum Gasteiger partial charge on any atom is 0.453 e. The summed E-state index contributed by atoms with van der Waals surface area (Å²) in [6.45, 7) is 8.79. The van der Waals surface area contributed by atoms with Crippen LogP contribution in [-0.4, -0.2) is 37.4 Å². The van der Waals surface area contributed by atoms with Gasteiger partial charge in [-0.15, -0.1) is 15.3 Å². The molecule has 7 nitrogen and oxygen atoms in total. The van der Waals surface area contributed by atoms with Crippen molar-refractivity contribution in [2.75, 3.05) is 5.32 Å². The third-order valence-corrected chi connectivity index (χ3v) is 3.15. The van der Waals surface area contributed by atoms with Crippen LogP contribution in [0.5, 0.6) is 0 Å². The van der Waals surface area contributed by atoms with E-state index in [1.807, 2.05) is 0 Å². The van der Waals surface area contributed by atoms with E-state index < -0.39 is 29.6 Å². The number of hydrogen-bond donors (Lipinski definition) is 1. The van der Waals surface area contributed by atoms with Crippen LogP contribution in [0.25, 0.3) is 5.65 Å². The summed E-state index contributed by atoms with van der Waals surface area (Å²) >= 11 is 0. The predicted octanol–water partition coefficient (Wildman–Crippen LogP) is 2.92. The van der Waals surface area contributed by atoms with Gasteiger partial charge in [-0.3, -0.25) is 0 Å². The number of anilines is 1. The van der Waals surface area contributed by atoms with Gasteiger partial charge in [0, 0.05) is 0 Å². The highest BCUT2D eigenvalue weighted by atomic mass is 19.4. The molecule has 25 heavy (non-hydrogen) atoms. The Kier molecular flexibility index (Phi) is 4.92. The first-order chi connectivity index (χ1) is 11.4. The van der Waals surface area contributed by atoms with Crippen molar-refractivity contribution in [1.82, 2.24) is 19.8 Å². The third kappa shape index (κ3) is 4.58. The van der Waals surface area contributed by atoms with Crippen molar-refractivity contribution in [3.05, 3.63) is 18.0 Å². The number of alkyl halides is 3. The van der Waals surface area contributed by atoms with Crippen molar-refractivity contribution >= 4 is 17.4 Å². The molecule has 0 aliphatic carbocycles. The second-order valence-electron chi connectivity index (χ2n) is 6.91. The zero-order chi connectivity index (χ0) is 19.0. The molecule has 10 heteroatoms. The van der Waals surface area contributed by atoms with Crippen molar-refractivity contribution in [1.29, 1.82) is 0 Å². The van der Waals surface area contributed by atoms with Gasteiger partial charge in [0.25, 0.3) is 5.82 Å². The number of hydrogen-bond acceptors (Lipinski definition) is 6. The lowest BCUT2D eigenvalue weighted by Crippen LogP contribution is -2.40. The fourth-order valence-electron chi connectivity index (χ4n) is 2.06. The van der Waals surface area contributed by atoms with Gasteiger partial charge < -0.3 is 10.1 Å². The summed E-state index contributed by atoms with van der Waals surface area (Å²) in [6, 6.07) is 2.00. The van der Waals surface area contributed by atoms with E-state index in [1.54, 1.807) is 34.6 Å². The first-order valence-electron chi connectivity index (χ1n) is 7.67. The van der Waals surface area contributed by atoms with E-state index in [2.05, 4.69) is 20.6 Å². The Bertz CT molecular complexity index is 765. The highest BCUT2D eigenvalue weighted by molar-refractivity contribution is 5.79. The predicted molar refractivity (Wildman–Crippen MR) is 83.9 cm³/mol. The molecule has 1 atom stereocenters. The minimum absolute atomic E-state index is 0.0451. The van der Waals surface area contributed by atoms with Crippen LogP contribution in [0, 0.1) is 5.92 Å². The van der Waals surface area contributed by atoms with Gasteiger partial charge in [0.1, 0.15) is 17.5 Å². The monoisotopic (exact) mass is 359 g/mol. The molecule has 2 aromatic heterocycles. The SMILES string of the molecule is CC(C)[C@@H](Nc1ccc2nnc(C(F)(F)F)n2n1)C(=O)OC(C)(C)C. The van der Waals surface area contributed by atoms with Crippen LogP contribution in [0.1, 0.15) is 40.4 Å². The van der Waals surface area contributed by atoms with E-state index in [4.69, 9.17) is 4.74 Å². The molecule has 2 aromatic rings. The number of ether oxygens (including phenoxy) is 1. The molecular formula is C15H20F3N5O2.